The van der Waals surface area contributed by atoms with Gasteiger partial charge in [0.1, 0.15) is 0 Å². The van der Waals surface area contributed by atoms with Crippen LogP contribution in [0.25, 0.3) is 0 Å². The van der Waals surface area contributed by atoms with Crippen LogP contribution in [0.4, 0.5) is 5.88 Å². The molecule has 0 saturated heterocycles. The Bertz CT molecular complexity index is 253. The number of hydrogen-bond acceptors (Lipinski definition) is 3. The van der Waals surface area contributed by atoms with Crippen LogP contribution < -0.4 is 5.73 Å². The monoisotopic (exact) mass is 225 g/mol. The second-order valence-electron chi connectivity index (χ2n) is 2.32. The maximum absolute atomic E-state index is 5.11. The molecule has 0 atom stereocenters. The molecule has 16 heavy (non-hydrogen) atoms. The van der Waals surface area contributed by atoms with Crippen LogP contribution in [-0.2, 0) is 0 Å². The fourth-order valence-corrected chi connectivity index (χ4v) is 0.624. The number of nitrogen functional groups attached to an aromatic ring is 1. The number of hydrogen-bond donors (Lipinski definition) is 1. The third kappa shape index (κ3) is 10.4. The van der Waals surface area contributed by atoms with E-state index < -0.39 is 0 Å². The molecular formula is C13H23NO2. The van der Waals surface area contributed by atoms with Crippen molar-refractivity contribution in [1.82, 2.24) is 0 Å². The maximum Gasteiger partial charge on any atom is 0.190 e. The second-order valence-corrected chi connectivity index (χ2v) is 2.32. The van der Waals surface area contributed by atoms with Gasteiger partial charge in [-0.05, 0) is 24.6 Å². The fraction of sp³-hybridized carbons (Fsp3) is 0.385. The number of rotatable bonds is 0. The summed E-state index contributed by atoms with van der Waals surface area (Å²) < 4.78 is 9.33. The standard InChI is InChI=1S/C5H6O.C4H5NO.2C2H6/c1-5-2-3-6-4-5;5-4-2-1-3-6-4;2*1-2/h2-4H,1H3;1-3H,5H2;2*1-2H3. The molecule has 2 heterocycles. The number of nitrogens with two attached hydrogens (primary N) is 1. The Labute approximate surface area is 98.3 Å². The molecular weight excluding hydrogens is 202 g/mol. The van der Waals surface area contributed by atoms with Crippen molar-refractivity contribution in [1.29, 1.82) is 0 Å². The molecule has 3 heteroatoms. The predicted molar refractivity (Wildman–Crippen MR) is 69.3 cm³/mol. The Kier molecular flexibility index (Phi) is 14.0. The van der Waals surface area contributed by atoms with E-state index in [1.165, 1.54) is 11.8 Å². The minimum atomic E-state index is 0.468. The quantitative estimate of drug-likeness (QED) is 0.718. The molecule has 92 valence electrons. The molecule has 0 aliphatic heterocycles. The largest absolute Gasteiger partial charge is 0.472 e. The summed E-state index contributed by atoms with van der Waals surface area (Å²) in [6, 6.07) is 5.36. The highest BCUT2D eigenvalue weighted by molar-refractivity contribution is 5.20. The van der Waals surface area contributed by atoms with Crippen molar-refractivity contribution in [2.75, 3.05) is 5.73 Å². The lowest BCUT2D eigenvalue weighted by molar-refractivity contribution is 0.565. The van der Waals surface area contributed by atoms with Gasteiger partial charge >= 0.3 is 0 Å². The molecule has 0 unspecified atom stereocenters. The van der Waals surface area contributed by atoms with Crippen LogP contribution in [0.5, 0.6) is 0 Å². The molecule has 0 spiro atoms. The van der Waals surface area contributed by atoms with Crippen molar-refractivity contribution in [2.45, 2.75) is 34.6 Å². The van der Waals surface area contributed by atoms with Gasteiger partial charge in [0.2, 0.25) is 0 Å². The van der Waals surface area contributed by atoms with Crippen molar-refractivity contribution in [3.05, 3.63) is 42.6 Å². The Morgan fingerprint density at radius 1 is 1.00 bits per heavy atom. The summed E-state index contributed by atoms with van der Waals surface area (Å²) in [5.74, 6) is 0.468. The van der Waals surface area contributed by atoms with Crippen LogP contribution in [-0.4, -0.2) is 0 Å². The molecule has 0 radical (unpaired) electrons. The summed E-state index contributed by atoms with van der Waals surface area (Å²) >= 11 is 0. The van der Waals surface area contributed by atoms with Gasteiger partial charge in [0, 0.05) is 6.07 Å². The van der Waals surface area contributed by atoms with Crippen molar-refractivity contribution < 1.29 is 8.83 Å². The first kappa shape index (κ1) is 16.8. The van der Waals surface area contributed by atoms with Crippen molar-refractivity contribution >= 4 is 5.88 Å². The highest BCUT2D eigenvalue weighted by Gasteiger charge is 1.76. The number of furan rings is 2. The summed E-state index contributed by atoms with van der Waals surface area (Å²) in [5, 5.41) is 0. The van der Waals surface area contributed by atoms with Gasteiger partial charge in [0.25, 0.3) is 0 Å². The first-order valence-corrected chi connectivity index (χ1v) is 5.57. The summed E-state index contributed by atoms with van der Waals surface area (Å²) in [4.78, 5) is 0. The lowest BCUT2D eigenvalue weighted by atomic mass is 10.4. The average molecular weight is 225 g/mol. The SMILES string of the molecule is CC.CC.Cc1ccoc1.Nc1ccco1. The molecule has 0 fully saturated rings. The lowest BCUT2D eigenvalue weighted by Gasteiger charge is -1.70. The Morgan fingerprint density at radius 3 is 1.75 bits per heavy atom. The van der Waals surface area contributed by atoms with Gasteiger partial charge in [-0.2, -0.15) is 0 Å². The van der Waals surface area contributed by atoms with Crippen LogP contribution in [0.15, 0.2) is 45.8 Å². The first-order chi connectivity index (χ1) is 7.79. The highest BCUT2D eigenvalue weighted by atomic mass is 16.3. The van der Waals surface area contributed by atoms with E-state index in [1.54, 1.807) is 24.7 Å². The van der Waals surface area contributed by atoms with Gasteiger partial charge in [0.05, 0.1) is 18.8 Å². The molecule has 0 aliphatic carbocycles. The molecule has 0 aliphatic rings. The summed E-state index contributed by atoms with van der Waals surface area (Å²) in [5.41, 5.74) is 6.29. The van der Waals surface area contributed by atoms with E-state index in [1.807, 2.05) is 40.7 Å². The van der Waals surface area contributed by atoms with Crippen LogP contribution in [0.3, 0.4) is 0 Å². The Balaban J connectivity index is 0. The Hall–Kier alpha value is -1.64. The summed E-state index contributed by atoms with van der Waals surface area (Å²) in [6.07, 6.45) is 4.91. The van der Waals surface area contributed by atoms with Gasteiger partial charge in [-0.1, -0.05) is 27.7 Å². The zero-order valence-electron chi connectivity index (χ0n) is 10.9. The summed E-state index contributed by atoms with van der Waals surface area (Å²) in [6.45, 7) is 9.99. The molecule has 0 bridgehead atoms. The van der Waals surface area contributed by atoms with Gasteiger partial charge in [0.15, 0.2) is 5.88 Å². The maximum atomic E-state index is 5.11. The van der Waals surface area contributed by atoms with Crippen LogP contribution >= 0.6 is 0 Å². The van der Waals surface area contributed by atoms with E-state index in [-0.39, 0.29) is 0 Å². The van der Waals surface area contributed by atoms with Gasteiger partial charge < -0.3 is 14.6 Å². The van der Waals surface area contributed by atoms with Gasteiger partial charge in [-0.3, -0.25) is 0 Å². The molecule has 2 N–H and O–H groups in total. The highest BCUT2D eigenvalue weighted by Crippen LogP contribution is 1.97. The first-order valence-electron chi connectivity index (χ1n) is 5.57. The minimum Gasteiger partial charge on any atom is -0.472 e. The van der Waals surface area contributed by atoms with Crippen molar-refractivity contribution in [3.8, 4) is 0 Å². The molecule has 3 nitrogen and oxygen atoms in total. The van der Waals surface area contributed by atoms with E-state index in [0.717, 1.165) is 0 Å². The molecule has 0 aromatic carbocycles. The third-order valence-electron chi connectivity index (χ3n) is 1.21. The van der Waals surface area contributed by atoms with Crippen LogP contribution in [0, 0.1) is 6.92 Å². The van der Waals surface area contributed by atoms with Gasteiger partial charge in [-0.15, -0.1) is 0 Å². The molecule has 0 saturated carbocycles. The zero-order valence-corrected chi connectivity index (χ0v) is 10.9. The average Bonchev–Trinajstić information content (AvgIpc) is 2.98. The van der Waals surface area contributed by atoms with E-state index >= 15 is 0 Å². The number of aryl methyl sites for hydroxylation is 1. The normalized spacial score (nSPS) is 7.31. The predicted octanol–water partition coefficient (Wildman–Crippen LogP) is 4.50. The second kappa shape index (κ2) is 13.4. The zero-order chi connectivity index (χ0) is 12.8. The number of anilines is 1. The van der Waals surface area contributed by atoms with E-state index in [2.05, 4.69) is 4.42 Å². The van der Waals surface area contributed by atoms with Crippen molar-refractivity contribution in [3.63, 3.8) is 0 Å². The molecule has 0 amide bonds. The third-order valence-corrected chi connectivity index (χ3v) is 1.21. The van der Waals surface area contributed by atoms with E-state index in [0.29, 0.717) is 5.88 Å². The molecule has 2 aromatic rings. The summed E-state index contributed by atoms with van der Waals surface area (Å²) in [7, 11) is 0. The van der Waals surface area contributed by atoms with Crippen molar-refractivity contribution in [2.24, 2.45) is 0 Å². The van der Waals surface area contributed by atoms with E-state index in [4.69, 9.17) is 10.2 Å². The van der Waals surface area contributed by atoms with Crippen LogP contribution in [0.2, 0.25) is 0 Å². The molecule has 2 aromatic heterocycles. The smallest absolute Gasteiger partial charge is 0.190 e. The van der Waals surface area contributed by atoms with E-state index in [9.17, 15) is 0 Å². The van der Waals surface area contributed by atoms with Gasteiger partial charge in [-0.25, -0.2) is 0 Å². The fourth-order valence-electron chi connectivity index (χ4n) is 0.624. The topological polar surface area (TPSA) is 52.3 Å². The van der Waals surface area contributed by atoms with Crippen LogP contribution in [0.1, 0.15) is 33.3 Å². The molecule has 2 rings (SSSR count). The Morgan fingerprint density at radius 2 is 1.62 bits per heavy atom. The minimum absolute atomic E-state index is 0.468. The lowest BCUT2D eigenvalue weighted by Crippen LogP contribution is -1.74.